The van der Waals surface area contributed by atoms with Gasteiger partial charge in [0.1, 0.15) is 11.6 Å². The van der Waals surface area contributed by atoms with Crippen LogP contribution in [0, 0.1) is 11.6 Å². The minimum absolute atomic E-state index is 0.199. The minimum atomic E-state index is -0.385. The molecule has 0 atom stereocenters. The van der Waals surface area contributed by atoms with Crippen molar-refractivity contribution < 1.29 is 8.78 Å². The van der Waals surface area contributed by atoms with Crippen LogP contribution < -0.4 is 10.5 Å². The second kappa shape index (κ2) is 6.23. The van der Waals surface area contributed by atoms with Gasteiger partial charge >= 0.3 is 0 Å². The molecule has 0 amide bonds. The van der Waals surface area contributed by atoms with Crippen molar-refractivity contribution in [1.29, 1.82) is 0 Å². The summed E-state index contributed by atoms with van der Waals surface area (Å²) < 4.78 is 26.6. The highest BCUT2D eigenvalue weighted by atomic mass is 35.5. The van der Waals surface area contributed by atoms with Gasteiger partial charge in [0.05, 0.1) is 0 Å². The van der Waals surface area contributed by atoms with Gasteiger partial charge in [0, 0.05) is 27.7 Å². The van der Waals surface area contributed by atoms with Crippen molar-refractivity contribution in [2.24, 2.45) is 5.14 Å². The van der Waals surface area contributed by atoms with E-state index in [4.69, 9.17) is 16.7 Å². The van der Waals surface area contributed by atoms with E-state index in [0.717, 1.165) is 11.9 Å². The lowest BCUT2D eigenvalue weighted by molar-refractivity contribution is 0.612. The SMILES string of the molecule is NSc1cc(F)ccc1NCc1c(F)cccc1Cl. The van der Waals surface area contributed by atoms with Crippen molar-refractivity contribution in [2.45, 2.75) is 11.4 Å². The number of hydrogen-bond acceptors (Lipinski definition) is 3. The molecule has 0 saturated heterocycles. The molecule has 2 aromatic rings. The van der Waals surface area contributed by atoms with Crippen molar-refractivity contribution in [2.75, 3.05) is 5.32 Å². The van der Waals surface area contributed by atoms with E-state index in [-0.39, 0.29) is 18.2 Å². The number of halogens is 3. The second-order valence-electron chi connectivity index (χ2n) is 3.81. The van der Waals surface area contributed by atoms with Crippen molar-refractivity contribution in [3.63, 3.8) is 0 Å². The van der Waals surface area contributed by atoms with E-state index in [0.29, 0.717) is 21.2 Å². The molecule has 3 N–H and O–H groups in total. The van der Waals surface area contributed by atoms with Crippen molar-refractivity contribution in [1.82, 2.24) is 0 Å². The van der Waals surface area contributed by atoms with Crippen LogP contribution >= 0.6 is 23.5 Å². The van der Waals surface area contributed by atoms with E-state index in [2.05, 4.69) is 5.32 Å². The molecule has 2 rings (SSSR count). The number of hydrogen-bond donors (Lipinski definition) is 2. The number of rotatable bonds is 4. The molecule has 2 nitrogen and oxygen atoms in total. The number of nitrogens with two attached hydrogens (primary N) is 1. The summed E-state index contributed by atoms with van der Waals surface area (Å²) in [4.78, 5) is 0.549. The minimum Gasteiger partial charge on any atom is -0.380 e. The normalized spacial score (nSPS) is 10.5. The molecule has 0 radical (unpaired) electrons. The zero-order chi connectivity index (χ0) is 13.8. The van der Waals surface area contributed by atoms with Gasteiger partial charge in [0.2, 0.25) is 0 Å². The maximum Gasteiger partial charge on any atom is 0.129 e. The summed E-state index contributed by atoms with van der Waals surface area (Å²) >= 11 is 6.85. The number of benzene rings is 2. The summed E-state index contributed by atoms with van der Waals surface area (Å²) in [6.45, 7) is 0.199. The average molecular weight is 301 g/mol. The zero-order valence-corrected chi connectivity index (χ0v) is 11.4. The molecule has 0 aliphatic heterocycles. The van der Waals surface area contributed by atoms with E-state index in [1.54, 1.807) is 18.2 Å². The van der Waals surface area contributed by atoms with Crippen LogP contribution in [-0.4, -0.2) is 0 Å². The Bertz CT molecular complexity index is 573. The molecule has 0 aliphatic carbocycles. The fourth-order valence-electron chi connectivity index (χ4n) is 1.62. The molecule has 0 spiro atoms. The Labute approximate surface area is 119 Å². The molecular weight excluding hydrogens is 290 g/mol. The van der Waals surface area contributed by atoms with Gasteiger partial charge in [0.15, 0.2) is 0 Å². The third kappa shape index (κ3) is 3.37. The predicted octanol–water partition coefficient (Wildman–Crippen LogP) is 4.20. The fourth-order valence-corrected chi connectivity index (χ4v) is 2.30. The third-order valence-corrected chi connectivity index (χ3v) is 3.53. The Morgan fingerprint density at radius 1 is 1.21 bits per heavy atom. The topological polar surface area (TPSA) is 38.0 Å². The van der Waals surface area contributed by atoms with E-state index in [1.807, 2.05) is 0 Å². The third-order valence-electron chi connectivity index (χ3n) is 2.59. The van der Waals surface area contributed by atoms with Crippen LogP contribution in [0.3, 0.4) is 0 Å². The van der Waals surface area contributed by atoms with Crippen molar-refractivity contribution in [3.8, 4) is 0 Å². The van der Waals surface area contributed by atoms with Crippen LogP contribution in [-0.2, 0) is 6.54 Å². The first-order chi connectivity index (χ1) is 9.11. The summed E-state index contributed by atoms with van der Waals surface area (Å²) in [6.07, 6.45) is 0. The predicted molar refractivity (Wildman–Crippen MR) is 75.2 cm³/mol. The highest BCUT2D eigenvalue weighted by molar-refractivity contribution is 7.97. The largest absolute Gasteiger partial charge is 0.380 e. The van der Waals surface area contributed by atoms with Gasteiger partial charge in [-0.1, -0.05) is 17.7 Å². The molecule has 0 aromatic heterocycles. The van der Waals surface area contributed by atoms with Gasteiger partial charge < -0.3 is 5.32 Å². The second-order valence-corrected chi connectivity index (χ2v) is 4.89. The van der Waals surface area contributed by atoms with Crippen LogP contribution in [0.5, 0.6) is 0 Å². The molecule has 0 aliphatic rings. The lowest BCUT2D eigenvalue weighted by Crippen LogP contribution is -2.04. The molecule has 0 unspecified atom stereocenters. The Balaban J connectivity index is 2.19. The van der Waals surface area contributed by atoms with Gasteiger partial charge in [-0.2, -0.15) is 0 Å². The van der Waals surface area contributed by atoms with Crippen LogP contribution in [0.4, 0.5) is 14.5 Å². The molecule has 100 valence electrons. The van der Waals surface area contributed by atoms with Gasteiger partial charge in [-0.05, 0) is 42.3 Å². The fraction of sp³-hybridized carbons (Fsp3) is 0.0769. The van der Waals surface area contributed by atoms with Crippen LogP contribution in [0.25, 0.3) is 0 Å². The first-order valence-corrected chi connectivity index (χ1v) is 6.70. The first kappa shape index (κ1) is 14.1. The van der Waals surface area contributed by atoms with Crippen LogP contribution in [0.2, 0.25) is 5.02 Å². The molecule has 0 fully saturated rings. The van der Waals surface area contributed by atoms with E-state index < -0.39 is 0 Å². The summed E-state index contributed by atoms with van der Waals surface area (Å²) in [7, 11) is 0. The van der Waals surface area contributed by atoms with Crippen molar-refractivity contribution in [3.05, 3.63) is 58.6 Å². The quantitative estimate of drug-likeness (QED) is 0.831. The molecule has 19 heavy (non-hydrogen) atoms. The Morgan fingerprint density at radius 3 is 2.68 bits per heavy atom. The summed E-state index contributed by atoms with van der Waals surface area (Å²) in [5.41, 5.74) is 0.995. The zero-order valence-electron chi connectivity index (χ0n) is 9.79. The smallest absolute Gasteiger partial charge is 0.129 e. The van der Waals surface area contributed by atoms with Crippen LogP contribution in [0.1, 0.15) is 5.56 Å². The highest BCUT2D eigenvalue weighted by Gasteiger charge is 2.08. The highest BCUT2D eigenvalue weighted by Crippen LogP contribution is 2.26. The summed E-state index contributed by atoms with van der Waals surface area (Å²) in [5.74, 6) is -0.758. The Morgan fingerprint density at radius 2 is 2.00 bits per heavy atom. The molecule has 0 saturated carbocycles. The van der Waals surface area contributed by atoms with Gasteiger partial charge in [-0.25, -0.2) is 8.78 Å². The van der Waals surface area contributed by atoms with Gasteiger partial charge in [0.25, 0.3) is 0 Å². The molecule has 0 bridgehead atoms. The molecule has 2 aromatic carbocycles. The standard InChI is InChI=1S/C13H11ClF2N2S/c14-10-2-1-3-11(16)9(10)7-18-12-5-4-8(15)6-13(12)19-17/h1-6,18H,7,17H2. The lowest BCUT2D eigenvalue weighted by atomic mass is 10.2. The maximum absolute atomic E-state index is 13.6. The van der Waals surface area contributed by atoms with Crippen LogP contribution in [0.15, 0.2) is 41.3 Å². The van der Waals surface area contributed by atoms with E-state index >= 15 is 0 Å². The maximum atomic E-state index is 13.6. The monoisotopic (exact) mass is 300 g/mol. The van der Waals surface area contributed by atoms with Gasteiger partial charge in [-0.3, -0.25) is 5.14 Å². The van der Waals surface area contributed by atoms with E-state index in [9.17, 15) is 8.78 Å². The Kier molecular flexibility index (Phi) is 4.63. The van der Waals surface area contributed by atoms with Gasteiger partial charge in [-0.15, -0.1) is 0 Å². The van der Waals surface area contributed by atoms with Crippen molar-refractivity contribution >= 4 is 29.2 Å². The molecule has 6 heteroatoms. The lowest BCUT2D eigenvalue weighted by Gasteiger charge is -2.12. The summed E-state index contributed by atoms with van der Waals surface area (Å²) in [5, 5.41) is 8.80. The summed E-state index contributed by atoms with van der Waals surface area (Å²) in [6, 6.07) is 8.68. The Hall–Kier alpha value is -1.30. The molecule has 0 heterocycles. The number of anilines is 1. The molecular formula is C13H11ClF2N2S. The average Bonchev–Trinajstić information content (AvgIpc) is 2.39. The van der Waals surface area contributed by atoms with E-state index in [1.165, 1.54) is 18.2 Å². The number of nitrogens with one attached hydrogen (secondary N) is 1. The first-order valence-electron chi connectivity index (χ1n) is 5.45.